The Bertz CT molecular complexity index is 1020. The summed E-state index contributed by atoms with van der Waals surface area (Å²) in [5.41, 5.74) is 1.39. The minimum atomic E-state index is -3.82. The summed E-state index contributed by atoms with van der Waals surface area (Å²) in [5, 5.41) is 2.82. The first kappa shape index (κ1) is 24.3. The standard InChI is InChI=1S/C23H29N3O4S2/c1-31-15-12-21(25-32(29,30)20-10-3-2-4-11-20)22(27)24-17-18-8-7-9-19(16-18)23(28)26-13-5-6-14-26/h2-4,7-11,16,21,25H,5-6,12-15,17H2,1H3,(H,24,27). The molecule has 2 aromatic rings. The molecule has 1 aliphatic heterocycles. The fraction of sp³-hybridized carbons (Fsp3) is 0.391. The number of hydrogen-bond donors (Lipinski definition) is 2. The molecule has 2 aromatic carbocycles. The molecule has 0 saturated carbocycles. The van der Waals surface area contributed by atoms with Crippen LogP contribution in [-0.2, 0) is 21.4 Å². The zero-order valence-corrected chi connectivity index (χ0v) is 19.8. The van der Waals surface area contributed by atoms with E-state index >= 15 is 0 Å². The summed E-state index contributed by atoms with van der Waals surface area (Å²) < 4.78 is 27.9. The highest BCUT2D eigenvalue weighted by atomic mass is 32.2. The van der Waals surface area contributed by atoms with Gasteiger partial charge in [0, 0.05) is 25.2 Å². The molecular weight excluding hydrogens is 446 g/mol. The van der Waals surface area contributed by atoms with Crippen molar-refractivity contribution in [2.45, 2.75) is 36.7 Å². The number of nitrogens with zero attached hydrogens (tertiary/aromatic N) is 1. The summed E-state index contributed by atoms with van der Waals surface area (Å²) in [4.78, 5) is 27.4. The largest absolute Gasteiger partial charge is 0.351 e. The molecule has 2 amide bonds. The van der Waals surface area contributed by atoms with E-state index in [1.54, 1.807) is 48.2 Å². The molecule has 1 saturated heterocycles. The van der Waals surface area contributed by atoms with E-state index in [9.17, 15) is 18.0 Å². The zero-order valence-electron chi connectivity index (χ0n) is 18.1. The van der Waals surface area contributed by atoms with Crippen LogP contribution < -0.4 is 10.0 Å². The van der Waals surface area contributed by atoms with Crippen LogP contribution in [0.25, 0.3) is 0 Å². The molecule has 1 aliphatic rings. The average Bonchev–Trinajstić information content (AvgIpc) is 3.35. The summed E-state index contributed by atoms with van der Waals surface area (Å²) >= 11 is 1.54. The maximum absolute atomic E-state index is 12.8. The Balaban J connectivity index is 1.65. The third-order valence-electron chi connectivity index (χ3n) is 5.31. The minimum absolute atomic E-state index is 0.00384. The lowest BCUT2D eigenvalue weighted by molar-refractivity contribution is -0.122. The van der Waals surface area contributed by atoms with Gasteiger partial charge in [-0.05, 0) is 61.1 Å². The van der Waals surface area contributed by atoms with E-state index in [2.05, 4.69) is 10.0 Å². The molecule has 0 bridgehead atoms. The van der Waals surface area contributed by atoms with Crippen molar-refractivity contribution < 1.29 is 18.0 Å². The molecule has 0 aliphatic carbocycles. The summed E-state index contributed by atoms with van der Waals surface area (Å²) in [7, 11) is -3.82. The molecule has 1 heterocycles. The molecule has 0 radical (unpaired) electrons. The second-order valence-electron chi connectivity index (χ2n) is 7.69. The summed E-state index contributed by atoms with van der Waals surface area (Å²) in [6.07, 6.45) is 4.33. The Morgan fingerprint density at radius 3 is 2.47 bits per heavy atom. The number of thioether (sulfide) groups is 1. The number of amides is 2. The van der Waals surface area contributed by atoms with Gasteiger partial charge in [-0.15, -0.1) is 0 Å². The highest BCUT2D eigenvalue weighted by molar-refractivity contribution is 7.98. The quantitative estimate of drug-likeness (QED) is 0.551. The normalized spacial score (nSPS) is 14.8. The fourth-order valence-corrected chi connectivity index (χ4v) is 5.29. The number of likely N-dealkylation sites (tertiary alicyclic amines) is 1. The van der Waals surface area contributed by atoms with Crippen molar-refractivity contribution in [3.05, 3.63) is 65.7 Å². The predicted octanol–water partition coefficient (Wildman–Crippen LogP) is 2.64. The second-order valence-corrected chi connectivity index (χ2v) is 10.4. The molecular formula is C23H29N3O4S2. The highest BCUT2D eigenvalue weighted by Crippen LogP contribution is 2.15. The van der Waals surface area contributed by atoms with E-state index in [1.807, 2.05) is 17.2 Å². The average molecular weight is 476 g/mol. The van der Waals surface area contributed by atoms with Crippen LogP contribution in [0.2, 0.25) is 0 Å². The van der Waals surface area contributed by atoms with Crippen LogP contribution in [-0.4, -0.2) is 56.3 Å². The number of nitrogens with one attached hydrogen (secondary N) is 2. The molecule has 32 heavy (non-hydrogen) atoms. The van der Waals surface area contributed by atoms with Crippen LogP contribution in [0.5, 0.6) is 0 Å². The summed E-state index contributed by atoms with van der Waals surface area (Å²) in [6, 6.07) is 14.3. The third kappa shape index (κ3) is 6.57. The second kappa shape index (κ2) is 11.5. The molecule has 172 valence electrons. The molecule has 3 rings (SSSR count). The number of sulfonamides is 1. The number of rotatable bonds is 10. The van der Waals surface area contributed by atoms with Crippen LogP contribution in [0.3, 0.4) is 0 Å². The molecule has 1 fully saturated rings. The van der Waals surface area contributed by atoms with E-state index in [1.165, 1.54) is 12.1 Å². The first-order chi connectivity index (χ1) is 15.4. The Kier molecular flexibility index (Phi) is 8.72. The highest BCUT2D eigenvalue weighted by Gasteiger charge is 2.25. The lowest BCUT2D eigenvalue weighted by Gasteiger charge is -2.19. The van der Waals surface area contributed by atoms with E-state index in [0.717, 1.165) is 31.5 Å². The van der Waals surface area contributed by atoms with E-state index in [0.29, 0.717) is 17.7 Å². The van der Waals surface area contributed by atoms with Gasteiger partial charge in [-0.25, -0.2) is 8.42 Å². The van der Waals surface area contributed by atoms with Gasteiger partial charge < -0.3 is 10.2 Å². The van der Waals surface area contributed by atoms with E-state index in [-0.39, 0.29) is 17.3 Å². The lowest BCUT2D eigenvalue weighted by Crippen LogP contribution is -2.46. The Labute approximate surface area is 194 Å². The van der Waals surface area contributed by atoms with Gasteiger partial charge in [-0.2, -0.15) is 16.5 Å². The Morgan fingerprint density at radius 2 is 1.78 bits per heavy atom. The van der Waals surface area contributed by atoms with Crippen molar-refractivity contribution in [3.8, 4) is 0 Å². The number of benzene rings is 2. The van der Waals surface area contributed by atoms with Crippen molar-refractivity contribution in [1.82, 2.24) is 14.9 Å². The topological polar surface area (TPSA) is 95.6 Å². The Hall–Kier alpha value is -2.36. The first-order valence-electron chi connectivity index (χ1n) is 10.6. The smallest absolute Gasteiger partial charge is 0.253 e. The summed E-state index contributed by atoms with van der Waals surface area (Å²) in [6.45, 7) is 1.76. The SMILES string of the molecule is CSCCC(NS(=O)(=O)c1ccccc1)C(=O)NCc1cccc(C(=O)N2CCCC2)c1. The van der Waals surface area contributed by atoms with E-state index in [4.69, 9.17) is 0 Å². The number of hydrogen-bond acceptors (Lipinski definition) is 5. The van der Waals surface area contributed by atoms with Crippen LogP contribution in [0, 0.1) is 0 Å². The van der Waals surface area contributed by atoms with E-state index < -0.39 is 22.0 Å². The molecule has 1 atom stereocenters. The number of carbonyl (C=O) groups is 2. The van der Waals surface area contributed by atoms with Gasteiger partial charge in [0.25, 0.3) is 5.91 Å². The van der Waals surface area contributed by atoms with Crippen molar-refractivity contribution in [2.24, 2.45) is 0 Å². The van der Waals surface area contributed by atoms with Gasteiger partial charge in [-0.3, -0.25) is 9.59 Å². The zero-order chi connectivity index (χ0) is 23.0. The number of carbonyl (C=O) groups excluding carboxylic acids is 2. The van der Waals surface area contributed by atoms with Gasteiger partial charge in [0.05, 0.1) is 4.90 Å². The lowest BCUT2D eigenvalue weighted by atomic mass is 10.1. The van der Waals surface area contributed by atoms with Crippen molar-refractivity contribution in [3.63, 3.8) is 0 Å². The molecule has 7 nitrogen and oxygen atoms in total. The van der Waals surface area contributed by atoms with Crippen LogP contribution in [0.15, 0.2) is 59.5 Å². The van der Waals surface area contributed by atoms with Gasteiger partial charge in [0.1, 0.15) is 6.04 Å². The molecule has 1 unspecified atom stereocenters. The van der Waals surface area contributed by atoms with Crippen LogP contribution in [0.1, 0.15) is 35.2 Å². The molecule has 9 heteroatoms. The van der Waals surface area contributed by atoms with Crippen LogP contribution in [0.4, 0.5) is 0 Å². The van der Waals surface area contributed by atoms with Crippen LogP contribution >= 0.6 is 11.8 Å². The Morgan fingerprint density at radius 1 is 1.06 bits per heavy atom. The van der Waals surface area contributed by atoms with Crippen molar-refractivity contribution in [1.29, 1.82) is 0 Å². The maximum Gasteiger partial charge on any atom is 0.253 e. The summed E-state index contributed by atoms with van der Waals surface area (Å²) in [5.74, 6) is 0.244. The van der Waals surface area contributed by atoms with Gasteiger partial charge in [-0.1, -0.05) is 30.3 Å². The fourth-order valence-electron chi connectivity index (χ4n) is 3.56. The van der Waals surface area contributed by atoms with Gasteiger partial charge in [0.15, 0.2) is 0 Å². The minimum Gasteiger partial charge on any atom is -0.351 e. The van der Waals surface area contributed by atoms with Gasteiger partial charge in [0.2, 0.25) is 15.9 Å². The first-order valence-corrected chi connectivity index (χ1v) is 13.5. The maximum atomic E-state index is 12.8. The molecule has 0 aromatic heterocycles. The molecule has 2 N–H and O–H groups in total. The van der Waals surface area contributed by atoms with Crippen molar-refractivity contribution >= 4 is 33.6 Å². The van der Waals surface area contributed by atoms with Crippen molar-refractivity contribution in [2.75, 3.05) is 25.1 Å². The monoisotopic (exact) mass is 475 g/mol. The van der Waals surface area contributed by atoms with Gasteiger partial charge >= 0.3 is 0 Å². The third-order valence-corrected chi connectivity index (χ3v) is 7.44. The predicted molar refractivity (Wildman–Crippen MR) is 127 cm³/mol. The molecule has 0 spiro atoms.